The number of halogens is 1. The summed E-state index contributed by atoms with van der Waals surface area (Å²) in [5.41, 5.74) is 2.66. The van der Waals surface area contributed by atoms with E-state index >= 15 is 0 Å². The van der Waals surface area contributed by atoms with Gasteiger partial charge in [-0.25, -0.2) is 0 Å². The lowest BCUT2D eigenvalue weighted by atomic mass is 10.0. The van der Waals surface area contributed by atoms with Crippen LogP contribution in [0.4, 0.5) is 0 Å². The van der Waals surface area contributed by atoms with Gasteiger partial charge in [0, 0.05) is 10.0 Å². The van der Waals surface area contributed by atoms with Crippen LogP contribution in [0.3, 0.4) is 0 Å². The van der Waals surface area contributed by atoms with Crippen molar-refractivity contribution in [3.8, 4) is 11.5 Å². The molecule has 0 saturated carbocycles. The Labute approximate surface area is 190 Å². The smallest absolute Gasteiger partial charge is 0.201 e. The molecule has 0 radical (unpaired) electrons. The maximum atomic E-state index is 12.6. The van der Waals surface area contributed by atoms with Gasteiger partial charge in [0.15, 0.2) is 18.1 Å². The third kappa shape index (κ3) is 5.22. The minimum atomic E-state index is -0.300. The number of Topliss-reactive ketones (excluding diaryl/α,β-unsaturated/α-hetero) is 1. The Morgan fingerprint density at radius 2 is 1.19 bits per heavy atom. The van der Waals surface area contributed by atoms with Crippen LogP contribution in [0, 0.1) is 0 Å². The van der Waals surface area contributed by atoms with Gasteiger partial charge < -0.3 is 9.47 Å². The average molecular weight is 473 g/mol. The second kappa shape index (κ2) is 10.1. The summed E-state index contributed by atoms with van der Waals surface area (Å²) in [6.45, 7) is -0.0790. The molecule has 0 bridgehead atoms. The normalized spacial score (nSPS) is 10.6. The zero-order valence-electron chi connectivity index (χ0n) is 16.8. The molecule has 154 valence electrons. The maximum absolute atomic E-state index is 12.6. The lowest BCUT2D eigenvalue weighted by Gasteiger charge is -2.22. The second-order valence-corrected chi connectivity index (χ2v) is 7.81. The van der Waals surface area contributed by atoms with E-state index < -0.39 is 0 Å². The Balaban J connectivity index is 1.57. The van der Waals surface area contributed by atoms with E-state index in [0.717, 1.165) is 15.6 Å². The summed E-state index contributed by atoms with van der Waals surface area (Å²) in [6, 6.07) is 34.9. The first-order valence-corrected chi connectivity index (χ1v) is 10.8. The number of ketones is 1. The van der Waals surface area contributed by atoms with Gasteiger partial charge in [-0.3, -0.25) is 4.79 Å². The van der Waals surface area contributed by atoms with Gasteiger partial charge in [0.2, 0.25) is 5.78 Å². The second-order valence-electron chi connectivity index (χ2n) is 6.96. The van der Waals surface area contributed by atoms with E-state index in [1.807, 2.05) is 103 Å². The predicted octanol–water partition coefficient (Wildman–Crippen LogP) is 6.88. The van der Waals surface area contributed by atoms with E-state index in [0.29, 0.717) is 17.1 Å². The zero-order chi connectivity index (χ0) is 21.5. The molecule has 4 heteroatoms. The van der Waals surface area contributed by atoms with E-state index in [-0.39, 0.29) is 18.5 Å². The fourth-order valence-corrected chi connectivity index (χ4v) is 3.79. The van der Waals surface area contributed by atoms with E-state index in [1.165, 1.54) is 0 Å². The van der Waals surface area contributed by atoms with Crippen molar-refractivity contribution in [3.05, 3.63) is 130 Å². The van der Waals surface area contributed by atoms with Crippen molar-refractivity contribution in [1.29, 1.82) is 0 Å². The number of ether oxygens (including phenoxy) is 2. The van der Waals surface area contributed by atoms with Crippen LogP contribution in [0.25, 0.3) is 0 Å². The molecule has 0 unspecified atom stereocenters. The summed E-state index contributed by atoms with van der Waals surface area (Å²) in [7, 11) is 0. The third-order valence-electron chi connectivity index (χ3n) is 4.83. The fraction of sp³-hybridized carbons (Fsp3) is 0.0741. The van der Waals surface area contributed by atoms with Crippen LogP contribution in [-0.2, 0) is 0 Å². The van der Waals surface area contributed by atoms with Crippen molar-refractivity contribution in [3.63, 3.8) is 0 Å². The summed E-state index contributed by atoms with van der Waals surface area (Å²) in [4.78, 5) is 12.6. The molecule has 0 amide bonds. The van der Waals surface area contributed by atoms with E-state index in [1.54, 1.807) is 6.07 Å². The number of hydrogen-bond donors (Lipinski definition) is 0. The van der Waals surface area contributed by atoms with Crippen molar-refractivity contribution in [2.45, 2.75) is 6.10 Å². The molecule has 4 aromatic rings. The number of benzene rings is 4. The average Bonchev–Trinajstić information content (AvgIpc) is 2.83. The standard InChI is InChI=1S/C27H21BrO3/c28-23-16-8-7-15-22(23)24(29)19-30-25-17-9-10-18-26(25)31-27(20-11-3-1-4-12-20)21-13-5-2-6-14-21/h1-18,27H,19H2. The van der Waals surface area contributed by atoms with Crippen LogP contribution in [0.15, 0.2) is 114 Å². The maximum Gasteiger partial charge on any atom is 0.201 e. The first-order valence-electron chi connectivity index (χ1n) is 9.98. The number of carbonyl (C=O) groups is 1. The molecule has 0 aromatic heterocycles. The molecule has 0 aliphatic carbocycles. The molecule has 0 aliphatic heterocycles. The number of para-hydroxylation sites is 2. The van der Waals surface area contributed by atoms with E-state index in [9.17, 15) is 4.79 Å². The van der Waals surface area contributed by atoms with Crippen molar-refractivity contribution in [2.75, 3.05) is 6.61 Å². The molecular formula is C27H21BrO3. The fourth-order valence-electron chi connectivity index (χ4n) is 3.29. The van der Waals surface area contributed by atoms with Gasteiger partial charge in [0.1, 0.15) is 6.10 Å². The molecule has 0 saturated heterocycles. The largest absolute Gasteiger partial charge is 0.482 e. The molecule has 31 heavy (non-hydrogen) atoms. The minimum Gasteiger partial charge on any atom is -0.482 e. The van der Waals surface area contributed by atoms with Gasteiger partial charge in [-0.05, 0) is 29.3 Å². The van der Waals surface area contributed by atoms with Crippen molar-refractivity contribution >= 4 is 21.7 Å². The van der Waals surface area contributed by atoms with Crippen molar-refractivity contribution in [2.24, 2.45) is 0 Å². The van der Waals surface area contributed by atoms with Crippen LogP contribution in [0.2, 0.25) is 0 Å². The molecule has 0 spiro atoms. The molecule has 0 aliphatic rings. The lowest BCUT2D eigenvalue weighted by molar-refractivity contribution is 0.0916. The minimum absolute atomic E-state index is 0.0790. The molecule has 4 rings (SSSR count). The molecule has 0 N–H and O–H groups in total. The highest BCUT2D eigenvalue weighted by atomic mass is 79.9. The Morgan fingerprint density at radius 3 is 1.81 bits per heavy atom. The number of carbonyl (C=O) groups excluding carboxylic acids is 1. The van der Waals surface area contributed by atoms with Gasteiger partial charge >= 0.3 is 0 Å². The first kappa shape index (κ1) is 20.9. The van der Waals surface area contributed by atoms with Crippen LogP contribution < -0.4 is 9.47 Å². The van der Waals surface area contributed by atoms with Gasteiger partial charge in [0.25, 0.3) is 0 Å². The predicted molar refractivity (Wildman–Crippen MR) is 126 cm³/mol. The zero-order valence-corrected chi connectivity index (χ0v) is 18.4. The summed E-state index contributed by atoms with van der Waals surface area (Å²) < 4.78 is 13.1. The SMILES string of the molecule is O=C(COc1ccccc1OC(c1ccccc1)c1ccccc1)c1ccccc1Br. The van der Waals surface area contributed by atoms with Crippen molar-refractivity contribution < 1.29 is 14.3 Å². The number of rotatable bonds is 8. The Morgan fingerprint density at radius 1 is 0.677 bits per heavy atom. The Hall–Kier alpha value is -3.37. The highest BCUT2D eigenvalue weighted by Crippen LogP contribution is 2.34. The van der Waals surface area contributed by atoms with E-state index in [4.69, 9.17) is 9.47 Å². The van der Waals surface area contributed by atoms with Crippen LogP contribution in [0.1, 0.15) is 27.6 Å². The monoisotopic (exact) mass is 472 g/mol. The Kier molecular flexibility index (Phi) is 6.80. The van der Waals surface area contributed by atoms with Gasteiger partial charge in [0.05, 0.1) is 0 Å². The third-order valence-corrected chi connectivity index (χ3v) is 5.52. The molecule has 4 aromatic carbocycles. The summed E-state index contributed by atoms with van der Waals surface area (Å²) in [5.74, 6) is 1.00. The first-order chi connectivity index (χ1) is 15.2. The molecule has 0 heterocycles. The lowest BCUT2D eigenvalue weighted by Crippen LogP contribution is -2.14. The quantitative estimate of drug-likeness (QED) is 0.262. The van der Waals surface area contributed by atoms with Crippen LogP contribution in [0.5, 0.6) is 11.5 Å². The molecule has 0 atom stereocenters. The molecule has 3 nitrogen and oxygen atoms in total. The van der Waals surface area contributed by atoms with Crippen LogP contribution in [-0.4, -0.2) is 12.4 Å². The topological polar surface area (TPSA) is 35.5 Å². The highest BCUT2D eigenvalue weighted by Gasteiger charge is 2.19. The Bertz CT molecular complexity index is 1100. The van der Waals surface area contributed by atoms with Crippen LogP contribution >= 0.6 is 15.9 Å². The van der Waals surface area contributed by atoms with Crippen molar-refractivity contribution in [1.82, 2.24) is 0 Å². The molecule has 0 fully saturated rings. The van der Waals surface area contributed by atoms with Gasteiger partial charge in [-0.1, -0.05) is 107 Å². The summed E-state index contributed by atoms with van der Waals surface area (Å²) in [6.07, 6.45) is -0.300. The summed E-state index contributed by atoms with van der Waals surface area (Å²) >= 11 is 3.42. The van der Waals surface area contributed by atoms with E-state index in [2.05, 4.69) is 15.9 Å². The van der Waals surface area contributed by atoms with Gasteiger partial charge in [-0.15, -0.1) is 0 Å². The highest BCUT2D eigenvalue weighted by molar-refractivity contribution is 9.10. The number of hydrogen-bond acceptors (Lipinski definition) is 3. The molecular weight excluding hydrogens is 452 g/mol. The van der Waals surface area contributed by atoms with Gasteiger partial charge in [-0.2, -0.15) is 0 Å². The summed E-state index contributed by atoms with van der Waals surface area (Å²) in [5, 5.41) is 0.